The Morgan fingerprint density at radius 1 is 1.13 bits per heavy atom. The third kappa shape index (κ3) is 5.27. The van der Waals surface area contributed by atoms with E-state index in [1.54, 1.807) is 7.11 Å². The fourth-order valence-electron chi connectivity index (χ4n) is 3.14. The molecule has 1 aromatic carbocycles. The van der Waals surface area contributed by atoms with E-state index in [1.807, 2.05) is 24.3 Å². The Hall–Kier alpha value is -2.04. The van der Waals surface area contributed by atoms with Crippen molar-refractivity contribution in [2.24, 2.45) is 5.92 Å². The number of nitrogens with one attached hydrogen (secondary N) is 1. The lowest BCUT2D eigenvalue weighted by Crippen LogP contribution is -2.44. The van der Waals surface area contributed by atoms with Crippen LogP contribution in [0.2, 0.25) is 0 Å². The topological polar surface area (TPSA) is 75.6 Å². The highest BCUT2D eigenvalue weighted by Gasteiger charge is 2.29. The Bertz CT molecular complexity index is 526. The molecule has 5 nitrogen and oxygen atoms in total. The van der Waals surface area contributed by atoms with Gasteiger partial charge >= 0.3 is 5.97 Å². The second kappa shape index (κ2) is 8.56. The van der Waals surface area contributed by atoms with Gasteiger partial charge in [-0.3, -0.25) is 9.59 Å². The average molecular weight is 319 g/mol. The summed E-state index contributed by atoms with van der Waals surface area (Å²) in [5.41, 5.74) is 0.890. The number of amides is 1. The lowest BCUT2D eigenvalue weighted by molar-refractivity contribution is -0.143. The maximum absolute atomic E-state index is 12.3. The number of hydrogen-bond acceptors (Lipinski definition) is 3. The van der Waals surface area contributed by atoms with Crippen LogP contribution in [0, 0.1) is 5.92 Å². The Labute approximate surface area is 137 Å². The number of methoxy groups -OCH3 is 1. The summed E-state index contributed by atoms with van der Waals surface area (Å²) in [7, 11) is 1.60. The van der Waals surface area contributed by atoms with Gasteiger partial charge in [0.15, 0.2) is 0 Å². The Kier molecular flexibility index (Phi) is 6.44. The zero-order valence-electron chi connectivity index (χ0n) is 13.6. The molecule has 2 rings (SSSR count). The van der Waals surface area contributed by atoms with E-state index in [1.165, 1.54) is 0 Å². The maximum atomic E-state index is 12.3. The largest absolute Gasteiger partial charge is 0.497 e. The molecule has 0 radical (unpaired) electrons. The minimum absolute atomic E-state index is 0.119. The van der Waals surface area contributed by atoms with Crippen LogP contribution >= 0.6 is 0 Å². The first-order valence-corrected chi connectivity index (χ1v) is 8.25. The number of ether oxygens (including phenoxy) is 1. The first kappa shape index (κ1) is 17.3. The van der Waals surface area contributed by atoms with Gasteiger partial charge in [0.25, 0.3) is 0 Å². The number of aliphatic carboxylic acids is 1. The van der Waals surface area contributed by atoms with Crippen LogP contribution in [0.25, 0.3) is 0 Å². The number of hydrogen-bond donors (Lipinski definition) is 2. The van der Waals surface area contributed by atoms with Crippen LogP contribution in [-0.2, 0) is 16.0 Å². The molecule has 0 spiro atoms. The van der Waals surface area contributed by atoms with Crippen LogP contribution in [0.4, 0.5) is 0 Å². The fraction of sp³-hybridized carbons (Fsp3) is 0.556. The van der Waals surface area contributed by atoms with E-state index >= 15 is 0 Å². The summed E-state index contributed by atoms with van der Waals surface area (Å²) in [6.07, 6.45) is 5.72. The molecule has 2 unspecified atom stereocenters. The van der Waals surface area contributed by atoms with Crippen molar-refractivity contribution < 1.29 is 19.4 Å². The minimum atomic E-state index is -0.804. The number of carboxylic acid groups (broad SMARTS) is 1. The Morgan fingerprint density at radius 2 is 1.78 bits per heavy atom. The number of carbonyl (C=O) groups excluding carboxylic acids is 1. The summed E-state index contributed by atoms with van der Waals surface area (Å²) >= 11 is 0. The van der Waals surface area contributed by atoms with Gasteiger partial charge in [0.2, 0.25) is 5.91 Å². The van der Waals surface area contributed by atoms with E-state index in [0.717, 1.165) is 43.4 Å². The Balaban J connectivity index is 1.96. The third-order valence-corrected chi connectivity index (χ3v) is 4.45. The lowest BCUT2D eigenvalue weighted by atomic mass is 9.86. The highest BCUT2D eigenvalue weighted by molar-refractivity contribution is 5.80. The lowest BCUT2D eigenvalue weighted by Gasteiger charge is -2.27. The van der Waals surface area contributed by atoms with Gasteiger partial charge in [0.05, 0.1) is 19.4 Å². The van der Waals surface area contributed by atoms with E-state index < -0.39 is 11.9 Å². The van der Waals surface area contributed by atoms with Crippen molar-refractivity contribution in [2.75, 3.05) is 7.11 Å². The molecule has 2 N–H and O–H groups in total. The number of carbonyl (C=O) groups is 2. The van der Waals surface area contributed by atoms with E-state index in [9.17, 15) is 14.7 Å². The average Bonchev–Trinajstić information content (AvgIpc) is 2.50. The molecule has 1 aliphatic carbocycles. The van der Waals surface area contributed by atoms with Crippen molar-refractivity contribution in [1.29, 1.82) is 0 Å². The van der Waals surface area contributed by atoms with E-state index in [-0.39, 0.29) is 18.4 Å². The van der Waals surface area contributed by atoms with Crippen LogP contribution < -0.4 is 10.1 Å². The highest BCUT2D eigenvalue weighted by atomic mass is 16.5. The second-order valence-corrected chi connectivity index (χ2v) is 6.14. The van der Waals surface area contributed by atoms with Crippen molar-refractivity contribution in [2.45, 2.75) is 51.0 Å². The highest BCUT2D eigenvalue weighted by Crippen LogP contribution is 2.23. The maximum Gasteiger partial charge on any atom is 0.308 e. The van der Waals surface area contributed by atoms with E-state index in [4.69, 9.17) is 4.74 Å². The molecule has 1 aliphatic rings. The molecule has 0 heterocycles. The summed E-state index contributed by atoms with van der Waals surface area (Å²) in [5, 5.41) is 12.4. The molecule has 1 amide bonds. The predicted octanol–water partition coefficient (Wildman–Crippen LogP) is 2.78. The van der Waals surface area contributed by atoms with Gasteiger partial charge in [-0.2, -0.15) is 0 Å². The molecular weight excluding hydrogens is 294 g/mol. The smallest absolute Gasteiger partial charge is 0.308 e. The number of benzene rings is 1. The summed E-state index contributed by atoms with van der Waals surface area (Å²) in [5.74, 6) is -0.649. The van der Waals surface area contributed by atoms with E-state index in [0.29, 0.717) is 6.42 Å². The molecule has 0 bridgehead atoms. The molecule has 0 aromatic heterocycles. The van der Waals surface area contributed by atoms with Gasteiger partial charge in [0.1, 0.15) is 5.75 Å². The molecule has 23 heavy (non-hydrogen) atoms. The SMILES string of the molecule is COc1ccc(CC(=O)NC2CCCCCCC2C(=O)O)cc1. The first-order valence-electron chi connectivity index (χ1n) is 8.25. The predicted molar refractivity (Wildman–Crippen MR) is 87.5 cm³/mol. The molecule has 0 aliphatic heterocycles. The van der Waals surface area contributed by atoms with Gasteiger partial charge in [-0.1, -0.05) is 37.8 Å². The number of carboxylic acids is 1. The quantitative estimate of drug-likeness (QED) is 0.875. The summed E-state index contributed by atoms with van der Waals surface area (Å²) in [6, 6.07) is 7.08. The van der Waals surface area contributed by atoms with Gasteiger partial charge in [0, 0.05) is 6.04 Å². The Morgan fingerprint density at radius 3 is 2.39 bits per heavy atom. The zero-order valence-corrected chi connectivity index (χ0v) is 13.6. The standard InChI is InChI=1S/C18H25NO4/c1-23-14-10-8-13(9-11-14)12-17(20)19-16-7-5-3-2-4-6-15(16)18(21)22/h8-11,15-16H,2-7,12H2,1H3,(H,19,20)(H,21,22). The number of rotatable bonds is 5. The van der Waals surface area contributed by atoms with Crippen molar-refractivity contribution in [1.82, 2.24) is 5.32 Å². The third-order valence-electron chi connectivity index (χ3n) is 4.45. The first-order chi connectivity index (χ1) is 11.1. The van der Waals surface area contributed by atoms with Crippen LogP contribution in [0.1, 0.15) is 44.1 Å². The molecule has 1 fully saturated rings. The van der Waals surface area contributed by atoms with Gasteiger partial charge < -0.3 is 15.2 Å². The molecular formula is C18H25NO4. The van der Waals surface area contributed by atoms with Crippen LogP contribution in [0.3, 0.4) is 0 Å². The zero-order chi connectivity index (χ0) is 16.7. The van der Waals surface area contributed by atoms with Crippen molar-refractivity contribution in [3.8, 4) is 5.75 Å². The van der Waals surface area contributed by atoms with Crippen LogP contribution in [0.15, 0.2) is 24.3 Å². The van der Waals surface area contributed by atoms with Crippen LogP contribution in [0.5, 0.6) is 5.75 Å². The van der Waals surface area contributed by atoms with Crippen molar-refractivity contribution >= 4 is 11.9 Å². The monoisotopic (exact) mass is 319 g/mol. The molecule has 1 aromatic rings. The summed E-state index contributed by atoms with van der Waals surface area (Å²) in [4.78, 5) is 23.7. The molecule has 5 heteroatoms. The van der Waals surface area contributed by atoms with Crippen molar-refractivity contribution in [3.05, 3.63) is 29.8 Å². The van der Waals surface area contributed by atoms with Gasteiger partial charge in [-0.15, -0.1) is 0 Å². The molecule has 2 atom stereocenters. The minimum Gasteiger partial charge on any atom is -0.497 e. The second-order valence-electron chi connectivity index (χ2n) is 6.14. The van der Waals surface area contributed by atoms with Crippen LogP contribution in [-0.4, -0.2) is 30.1 Å². The van der Waals surface area contributed by atoms with Crippen molar-refractivity contribution in [3.63, 3.8) is 0 Å². The summed E-state index contributed by atoms with van der Waals surface area (Å²) < 4.78 is 5.10. The molecule has 1 saturated carbocycles. The summed E-state index contributed by atoms with van der Waals surface area (Å²) in [6.45, 7) is 0. The van der Waals surface area contributed by atoms with Gasteiger partial charge in [-0.25, -0.2) is 0 Å². The normalized spacial score (nSPS) is 21.8. The molecule has 126 valence electrons. The fourth-order valence-corrected chi connectivity index (χ4v) is 3.14. The molecule has 0 saturated heterocycles. The van der Waals surface area contributed by atoms with Gasteiger partial charge in [-0.05, 0) is 30.5 Å². The van der Waals surface area contributed by atoms with E-state index in [2.05, 4.69) is 5.32 Å².